The van der Waals surface area contributed by atoms with Crippen molar-refractivity contribution in [1.82, 2.24) is 4.90 Å². The SMILES string of the molecule is CCc1occc1C(=O)N1CCCC(CCBr)C1. The molecule has 0 aromatic carbocycles. The van der Waals surface area contributed by atoms with Gasteiger partial charge in [0.15, 0.2) is 0 Å². The van der Waals surface area contributed by atoms with E-state index in [9.17, 15) is 4.79 Å². The zero-order valence-electron chi connectivity index (χ0n) is 10.8. The molecule has 1 aromatic heterocycles. The Balaban J connectivity index is 2.04. The van der Waals surface area contributed by atoms with Gasteiger partial charge in [-0.05, 0) is 31.2 Å². The van der Waals surface area contributed by atoms with Gasteiger partial charge in [0.05, 0.1) is 11.8 Å². The van der Waals surface area contributed by atoms with E-state index in [1.54, 1.807) is 12.3 Å². The number of halogens is 1. The standard InChI is InChI=1S/C14H20BrNO2/c1-2-13-12(6-9-18-13)14(17)16-8-3-4-11(10-16)5-7-15/h6,9,11H,2-5,7-8,10H2,1H3. The molecule has 0 radical (unpaired) electrons. The summed E-state index contributed by atoms with van der Waals surface area (Å²) >= 11 is 3.48. The highest BCUT2D eigenvalue weighted by atomic mass is 79.9. The average molecular weight is 314 g/mol. The highest BCUT2D eigenvalue weighted by Gasteiger charge is 2.26. The number of carbonyl (C=O) groups excluding carboxylic acids is 1. The number of hydrogen-bond acceptors (Lipinski definition) is 2. The second kappa shape index (κ2) is 6.41. The summed E-state index contributed by atoms with van der Waals surface area (Å²) in [6.45, 7) is 3.78. The number of likely N-dealkylation sites (tertiary alicyclic amines) is 1. The Labute approximate surface area is 117 Å². The van der Waals surface area contributed by atoms with E-state index in [1.165, 1.54) is 6.42 Å². The Kier molecular flexibility index (Phi) is 4.87. The van der Waals surface area contributed by atoms with Crippen LogP contribution >= 0.6 is 15.9 Å². The molecule has 0 N–H and O–H groups in total. The summed E-state index contributed by atoms with van der Waals surface area (Å²) in [4.78, 5) is 14.4. The van der Waals surface area contributed by atoms with E-state index >= 15 is 0 Å². The average Bonchev–Trinajstić information content (AvgIpc) is 2.87. The Morgan fingerprint density at radius 1 is 1.61 bits per heavy atom. The smallest absolute Gasteiger partial charge is 0.257 e. The fourth-order valence-corrected chi connectivity index (χ4v) is 3.26. The summed E-state index contributed by atoms with van der Waals surface area (Å²) in [6.07, 6.45) is 5.89. The van der Waals surface area contributed by atoms with Crippen LogP contribution in [0.25, 0.3) is 0 Å². The van der Waals surface area contributed by atoms with E-state index in [1.807, 2.05) is 11.8 Å². The summed E-state index contributed by atoms with van der Waals surface area (Å²) in [5.41, 5.74) is 0.747. The molecular weight excluding hydrogens is 294 g/mol. The zero-order valence-corrected chi connectivity index (χ0v) is 12.4. The molecule has 0 spiro atoms. The first kappa shape index (κ1) is 13.7. The molecule has 1 saturated heterocycles. The molecular formula is C14H20BrNO2. The Hall–Kier alpha value is -0.770. The Bertz CT molecular complexity index is 400. The number of hydrogen-bond donors (Lipinski definition) is 0. The van der Waals surface area contributed by atoms with Crippen LogP contribution in [-0.2, 0) is 6.42 Å². The summed E-state index contributed by atoms with van der Waals surface area (Å²) in [5, 5.41) is 1.02. The van der Waals surface area contributed by atoms with Gasteiger partial charge in [-0.2, -0.15) is 0 Å². The van der Waals surface area contributed by atoms with E-state index in [-0.39, 0.29) is 5.91 Å². The lowest BCUT2D eigenvalue weighted by molar-refractivity contribution is 0.0669. The lowest BCUT2D eigenvalue weighted by atomic mass is 9.95. The third-order valence-corrected chi connectivity index (χ3v) is 4.08. The van der Waals surface area contributed by atoms with Crippen molar-refractivity contribution in [2.24, 2.45) is 5.92 Å². The first-order valence-electron chi connectivity index (χ1n) is 6.67. The van der Waals surface area contributed by atoms with Crippen molar-refractivity contribution >= 4 is 21.8 Å². The topological polar surface area (TPSA) is 33.5 Å². The molecule has 0 aliphatic carbocycles. The predicted octanol–water partition coefficient (Wildman–Crippen LogP) is 3.48. The van der Waals surface area contributed by atoms with Gasteiger partial charge in [-0.3, -0.25) is 4.79 Å². The zero-order chi connectivity index (χ0) is 13.0. The second-order valence-electron chi connectivity index (χ2n) is 4.85. The fraction of sp³-hybridized carbons (Fsp3) is 0.643. The maximum absolute atomic E-state index is 12.4. The van der Waals surface area contributed by atoms with Crippen LogP contribution in [0, 0.1) is 5.92 Å². The van der Waals surface area contributed by atoms with Crippen LogP contribution in [0.3, 0.4) is 0 Å². The molecule has 1 unspecified atom stereocenters. The van der Waals surface area contributed by atoms with Gasteiger partial charge in [0.1, 0.15) is 5.76 Å². The molecule has 2 rings (SSSR count). The highest BCUT2D eigenvalue weighted by molar-refractivity contribution is 9.09. The number of nitrogens with zero attached hydrogens (tertiary/aromatic N) is 1. The van der Waals surface area contributed by atoms with Crippen LogP contribution in [-0.4, -0.2) is 29.2 Å². The largest absolute Gasteiger partial charge is 0.469 e. The summed E-state index contributed by atoms with van der Waals surface area (Å²) in [6, 6.07) is 1.80. The lowest BCUT2D eigenvalue weighted by Gasteiger charge is -2.32. The van der Waals surface area contributed by atoms with Gasteiger partial charge in [-0.15, -0.1) is 0 Å². The summed E-state index contributed by atoms with van der Waals surface area (Å²) < 4.78 is 5.35. The van der Waals surface area contributed by atoms with Crippen molar-refractivity contribution < 1.29 is 9.21 Å². The summed E-state index contributed by atoms with van der Waals surface area (Å²) in [7, 11) is 0. The van der Waals surface area contributed by atoms with Gasteiger partial charge in [0, 0.05) is 24.8 Å². The molecule has 1 fully saturated rings. The molecule has 0 bridgehead atoms. The first-order chi connectivity index (χ1) is 8.76. The van der Waals surface area contributed by atoms with Crippen LogP contribution in [0.5, 0.6) is 0 Å². The van der Waals surface area contributed by atoms with Crippen molar-refractivity contribution in [2.45, 2.75) is 32.6 Å². The van der Waals surface area contributed by atoms with Gasteiger partial charge >= 0.3 is 0 Å². The van der Waals surface area contributed by atoms with Gasteiger partial charge < -0.3 is 9.32 Å². The van der Waals surface area contributed by atoms with Crippen molar-refractivity contribution in [2.75, 3.05) is 18.4 Å². The predicted molar refractivity (Wildman–Crippen MR) is 75.1 cm³/mol. The van der Waals surface area contributed by atoms with Crippen molar-refractivity contribution in [3.63, 3.8) is 0 Å². The molecule has 0 saturated carbocycles. The van der Waals surface area contributed by atoms with Gasteiger partial charge in [0.2, 0.25) is 0 Å². The van der Waals surface area contributed by atoms with Crippen molar-refractivity contribution in [1.29, 1.82) is 0 Å². The minimum Gasteiger partial charge on any atom is -0.469 e. The third-order valence-electron chi connectivity index (χ3n) is 3.62. The monoisotopic (exact) mass is 313 g/mol. The van der Waals surface area contributed by atoms with E-state index < -0.39 is 0 Å². The fourth-order valence-electron chi connectivity index (χ4n) is 2.61. The van der Waals surface area contributed by atoms with Crippen LogP contribution in [0.1, 0.15) is 42.3 Å². The molecule has 1 aliphatic rings. The van der Waals surface area contributed by atoms with Gasteiger partial charge in [0.25, 0.3) is 5.91 Å². The summed E-state index contributed by atoms with van der Waals surface area (Å²) in [5.74, 6) is 1.58. The lowest BCUT2D eigenvalue weighted by Crippen LogP contribution is -2.40. The Morgan fingerprint density at radius 3 is 3.17 bits per heavy atom. The van der Waals surface area contributed by atoms with E-state index in [2.05, 4.69) is 15.9 Å². The molecule has 2 heterocycles. The maximum Gasteiger partial charge on any atom is 0.257 e. The minimum absolute atomic E-state index is 0.139. The molecule has 1 aliphatic heterocycles. The highest BCUT2D eigenvalue weighted by Crippen LogP contribution is 2.23. The molecule has 4 heteroatoms. The van der Waals surface area contributed by atoms with Crippen LogP contribution < -0.4 is 0 Å². The number of carbonyl (C=O) groups is 1. The first-order valence-corrected chi connectivity index (χ1v) is 7.80. The number of rotatable bonds is 4. The van der Waals surface area contributed by atoms with E-state index in [0.717, 1.165) is 49.0 Å². The second-order valence-corrected chi connectivity index (χ2v) is 5.64. The van der Waals surface area contributed by atoms with E-state index in [0.29, 0.717) is 5.92 Å². The Morgan fingerprint density at radius 2 is 2.44 bits per heavy atom. The number of aryl methyl sites for hydroxylation is 1. The normalized spacial score (nSPS) is 20.1. The van der Waals surface area contributed by atoms with Crippen LogP contribution in [0.15, 0.2) is 16.7 Å². The van der Waals surface area contributed by atoms with Crippen molar-refractivity contribution in [3.05, 3.63) is 23.7 Å². The quantitative estimate of drug-likeness (QED) is 0.797. The molecule has 1 aromatic rings. The van der Waals surface area contributed by atoms with Crippen LogP contribution in [0.2, 0.25) is 0 Å². The molecule has 1 atom stereocenters. The van der Waals surface area contributed by atoms with Crippen LogP contribution in [0.4, 0.5) is 0 Å². The number of alkyl halides is 1. The number of piperidine rings is 1. The van der Waals surface area contributed by atoms with Crippen molar-refractivity contribution in [3.8, 4) is 0 Å². The minimum atomic E-state index is 0.139. The number of amides is 1. The third kappa shape index (κ3) is 2.97. The number of furan rings is 1. The van der Waals surface area contributed by atoms with Gasteiger partial charge in [-0.1, -0.05) is 22.9 Å². The van der Waals surface area contributed by atoms with Gasteiger partial charge in [-0.25, -0.2) is 0 Å². The molecule has 100 valence electrons. The maximum atomic E-state index is 12.4. The van der Waals surface area contributed by atoms with E-state index in [4.69, 9.17) is 4.42 Å². The molecule has 18 heavy (non-hydrogen) atoms. The molecule has 3 nitrogen and oxygen atoms in total. The molecule has 1 amide bonds.